The third kappa shape index (κ3) is 26.9. The number of carboxylic acids is 3. The quantitative estimate of drug-likeness (QED) is 0.0342. The second-order valence-electron chi connectivity index (χ2n) is 30.2. The number of benzene rings is 3. The number of thioether (sulfide) groups is 1. The maximum atomic E-state index is 15.1. The number of hydrogen-bond donors (Lipinski definition) is 16. The zero-order chi connectivity index (χ0) is 88.1. The summed E-state index contributed by atoms with van der Waals surface area (Å²) in [5, 5.41) is 54.9. The molecular formula is C81H110N18O21S. The summed E-state index contributed by atoms with van der Waals surface area (Å²) in [6.45, 7) is -0.403. The number of methoxy groups -OCH3 is 1. The van der Waals surface area contributed by atoms with Crippen molar-refractivity contribution < 1.29 is 102 Å². The fraction of sp³-hybridized carbons (Fsp3) is 0.519. The van der Waals surface area contributed by atoms with Crippen molar-refractivity contribution in [3.05, 3.63) is 102 Å². The molecule has 5 heterocycles. The van der Waals surface area contributed by atoms with Crippen molar-refractivity contribution in [3.8, 4) is 5.75 Å². The van der Waals surface area contributed by atoms with Crippen LogP contribution >= 0.6 is 11.8 Å². The lowest BCUT2D eigenvalue weighted by Crippen LogP contribution is -2.61. The van der Waals surface area contributed by atoms with Gasteiger partial charge in [0.1, 0.15) is 72.2 Å². The maximum Gasteiger partial charge on any atom is 0.305 e. The van der Waals surface area contributed by atoms with Crippen LogP contribution < -0.4 is 64.1 Å². The van der Waals surface area contributed by atoms with E-state index in [1.54, 1.807) is 85.2 Å². The van der Waals surface area contributed by atoms with E-state index in [1.165, 1.54) is 33.2 Å². The van der Waals surface area contributed by atoms with Crippen LogP contribution in [0.4, 0.5) is 0 Å². The Morgan fingerprint density at radius 1 is 0.496 bits per heavy atom. The number of nitrogens with zero attached hydrogens (tertiary/aromatic N) is 5. The number of aromatic amines is 2. The van der Waals surface area contributed by atoms with Crippen LogP contribution in [0.2, 0.25) is 0 Å². The number of likely N-dealkylation sites (N-methyl/N-ethyl adjacent to an activating group) is 3. The van der Waals surface area contributed by atoms with Crippen LogP contribution in [-0.2, 0) is 101 Å². The lowest BCUT2D eigenvalue weighted by Gasteiger charge is -2.32. The Balaban J connectivity index is 1.12. The van der Waals surface area contributed by atoms with Gasteiger partial charge in [-0.05, 0) is 105 Å². The SMILES string of the molecule is CCCC[C@H]1C(=O)N[C@@H](CCC(=O)O)C(=O)NCCSCC(=O)N[C@@H](Cc2ccc(OC)cc2)C(=O)N(C)CC(=O)N[C@@H](CC(=O)O)C(=O)N2CCCC2C(=O)N[C@@H](CN)C(=O)N[C@@H](CCCCN)C(=O)N2CCCC2C(=O)N[C@@H](Cc2c[nH]c3ccccc23)C(=O)N[C@@H](CC(=O)O)C(=O)N[C@@H](Cc2c[nH]c3ccccc23)C(=O)N(C)CC(=O)N1C. The van der Waals surface area contributed by atoms with Crippen molar-refractivity contribution in [1.29, 1.82) is 0 Å². The number of carbonyl (C=O) groups excluding carboxylic acids is 14. The van der Waals surface area contributed by atoms with Gasteiger partial charge in [-0.1, -0.05) is 68.3 Å². The second kappa shape index (κ2) is 45.8. The number of unbranched alkanes of at least 4 members (excludes halogenated alkanes) is 2. The molecule has 0 aliphatic carbocycles. The number of aliphatic carboxylic acids is 3. The van der Waals surface area contributed by atoms with E-state index in [0.29, 0.717) is 63.5 Å². The number of fused-ring (bicyclic) bond motifs is 4. The average Bonchev–Trinajstić information content (AvgIpc) is 1.72. The van der Waals surface area contributed by atoms with Crippen molar-refractivity contribution in [2.45, 2.75) is 183 Å². The highest BCUT2D eigenvalue weighted by atomic mass is 32.2. The van der Waals surface area contributed by atoms with Crippen LogP contribution in [0.5, 0.6) is 5.75 Å². The highest BCUT2D eigenvalue weighted by molar-refractivity contribution is 7.99. The van der Waals surface area contributed by atoms with Gasteiger partial charge in [0.25, 0.3) is 0 Å². The predicted octanol–water partition coefficient (Wildman–Crippen LogP) is -1.76. The molecule has 121 heavy (non-hydrogen) atoms. The molecule has 39 nitrogen and oxygen atoms in total. The number of hydrogen-bond acceptors (Lipinski definition) is 21. The smallest absolute Gasteiger partial charge is 0.305 e. The summed E-state index contributed by atoms with van der Waals surface area (Å²) in [5.74, 6) is -16.9. The van der Waals surface area contributed by atoms with Gasteiger partial charge >= 0.3 is 17.9 Å². The van der Waals surface area contributed by atoms with E-state index in [-0.39, 0.29) is 102 Å². The van der Waals surface area contributed by atoms with E-state index in [4.69, 9.17) is 16.2 Å². The molecule has 3 saturated heterocycles. The maximum absolute atomic E-state index is 15.1. The highest BCUT2D eigenvalue weighted by Crippen LogP contribution is 2.26. The summed E-state index contributed by atoms with van der Waals surface area (Å²) in [4.78, 5) is 252. The first-order valence-electron chi connectivity index (χ1n) is 40.2. The number of para-hydroxylation sites is 2. The topological polar surface area (TPSA) is 568 Å². The van der Waals surface area contributed by atoms with Crippen molar-refractivity contribution >= 4 is 134 Å². The van der Waals surface area contributed by atoms with Crippen molar-refractivity contribution in [2.75, 3.05) is 85.6 Å². The second-order valence-corrected chi connectivity index (χ2v) is 31.3. The molecule has 2 aromatic heterocycles. The summed E-state index contributed by atoms with van der Waals surface area (Å²) in [6, 6.07) is 3.58. The number of nitrogens with one attached hydrogen (secondary N) is 11. The van der Waals surface area contributed by atoms with Crippen LogP contribution in [-0.4, -0.2) is 302 Å². The number of amides is 14. The van der Waals surface area contributed by atoms with E-state index in [9.17, 15) is 77.6 Å². The minimum atomic E-state index is -1.98. The molecule has 5 aromatic rings. The van der Waals surface area contributed by atoms with Gasteiger partial charge in [-0.15, -0.1) is 0 Å². The zero-order valence-electron chi connectivity index (χ0n) is 68.3. The molecule has 3 aliphatic heterocycles. The highest BCUT2D eigenvalue weighted by Gasteiger charge is 2.44. The summed E-state index contributed by atoms with van der Waals surface area (Å²) >= 11 is 1.01. The van der Waals surface area contributed by atoms with Gasteiger partial charge in [0, 0.05) is 113 Å². The van der Waals surface area contributed by atoms with E-state index in [1.807, 2.05) is 6.92 Å². The van der Waals surface area contributed by atoms with Gasteiger partial charge in [0.2, 0.25) is 82.7 Å². The molecule has 0 saturated carbocycles. The van der Waals surface area contributed by atoms with Crippen molar-refractivity contribution in [3.63, 3.8) is 0 Å². The molecule has 0 spiro atoms. The Morgan fingerprint density at radius 2 is 1.00 bits per heavy atom. The van der Waals surface area contributed by atoms with Crippen molar-refractivity contribution in [1.82, 2.24) is 82.3 Å². The number of H-pyrrole nitrogens is 2. The molecule has 40 heteroatoms. The lowest BCUT2D eigenvalue weighted by atomic mass is 10.0. The largest absolute Gasteiger partial charge is 0.497 e. The average molecular weight is 1700 g/mol. The molecule has 0 radical (unpaired) electrons. The Hall–Kier alpha value is -12.2. The monoisotopic (exact) mass is 1700 g/mol. The van der Waals surface area contributed by atoms with Gasteiger partial charge < -0.3 is 114 Å². The van der Waals surface area contributed by atoms with E-state index in [0.717, 1.165) is 31.4 Å². The first-order valence-corrected chi connectivity index (χ1v) is 41.4. The zero-order valence-corrected chi connectivity index (χ0v) is 69.1. The molecule has 2 unspecified atom stereocenters. The number of aromatic nitrogens is 2. The van der Waals surface area contributed by atoms with Gasteiger partial charge in [-0.2, -0.15) is 11.8 Å². The third-order valence-electron chi connectivity index (χ3n) is 21.4. The molecule has 656 valence electrons. The molecule has 11 atom stereocenters. The first-order chi connectivity index (χ1) is 57.8. The van der Waals surface area contributed by atoms with E-state index >= 15 is 19.2 Å². The Labute approximate surface area is 702 Å². The van der Waals surface area contributed by atoms with Gasteiger partial charge in [-0.25, -0.2) is 0 Å². The third-order valence-corrected chi connectivity index (χ3v) is 22.3. The fourth-order valence-corrected chi connectivity index (χ4v) is 15.5. The number of carbonyl (C=O) groups is 17. The van der Waals surface area contributed by atoms with Crippen LogP contribution in [0, 0.1) is 0 Å². The van der Waals surface area contributed by atoms with Crippen LogP contribution in [0.15, 0.2) is 85.2 Å². The Kier molecular flexibility index (Phi) is 35.7. The summed E-state index contributed by atoms with van der Waals surface area (Å²) < 4.78 is 5.29. The first kappa shape index (κ1) is 94.3. The summed E-state index contributed by atoms with van der Waals surface area (Å²) in [6.07, 6.45) is 1.27. The number of nitrogens with two attached hydrogens (primary N) is 2. The number of rotatable bonds is 22. The van der Waals surface area contributed by atoms with Crippen LogP contribution in [0.1, 0.15) is 114 Å². The molecule has 18 N–H and O–H groups in total. The van der Waals surface area contributed by atoms with Gasteiger partial charge in [-0.3, -0.25) is 81.5 Å². The Morgan fingerprint density at radius 3 is 1.57 bits per heavy atom. The fourth-order valence-electron chi connectivity index (χ4n) is 14.9. The predicted molar refractivity (Wildman–Crippen MR) is 441 cm³/mol. The molecule has 8 rings (SSSR count). The number of ether oxygens (including phenoxy) is 1. The lowest BCUT2D eigenvalue weighted by molar-refractivity contribution is -0.146. The minimum absolute atomic E-state index is 0.00698. The molecule has 14 amide bonds. The molecule has 3 aliphatic rings. The van der Waals surface area contributed by atoms with Crippen molar-refractivity contribution in [2.24, 2.45) is 11.5 Å². The standard InChI is InChI=1S/C81H110N18O21S/c1-6-7-21-62-75(113)89-54(28-29-68(103)104)71(109)84-31-34-121-45-66(101)88-58(35-46-24-26-49(120-5)27-25-46)78(116)95(2)43-65(100)87-60(39-70(107)108)81(119)99-33-15-23-64(99)77(115)94-61(40-83)74(112)90-55(20-12-13-30-82)80(118)98-32-14-22-63(98)76(114)92-56(36-47-41-85-52-18-10-8-16-50(47)52)72(110)91-57(38-69(105)106)73(111)93-59(79(117)96(3)44-67(102)97(62)4)37-48-42-86-53-19-11-9-17-51(48)53/h8-11,16-19,24-27,41-42,54-64,85-86H,6-7,12-15,20-23,28-40,43-45,82-83H2,1-5H3,(H,84,109)(H,87,100)(H,88,101)(H,89,113)(H,90,112)(H,91,110)(H,92,114)(H,93,111)(H,94,115)(H,103,104)(H,105,106)(H,107,108)/t54-,55-,56-,57-,58-,59-,60-,61-,62-,63?,64?/m0/s1. The minimum Gasteiger partial charge on any atom is -0.497 e. The van der Waals surface area contributed by atoms with E-state index in [2.05, 4.69) is 57.8 Å². The van der Waals surface area contributed by atoms with Gasteiger partial charge in [0.05, 0.1) is 38.8 Å². The molecular weight excluding hydrogens is 1590 g/mol. The Bertz CT molecular complexity index is 4560. The molecule has 3 fully saturated rings. The molecule has 3 aromatic carbocycles. The van der Waals surface area contributed by atoms with Gasteiger partial charge in [0.15, 0.2) is 0 Å². The van der Waals surface area contributed by atoms with Crippen LogP contribution in [0.25, 0.3) is 21.8 Å². The van der Waals surface area contributed by atoms with Crippen LogP contribution in [0.3, 0.4) is 0 Å². The number of carboxylic acid groups (broad SMARTS) is 3. The van der Waals surface area contributed by atoms with E-state index < -0.39 is 212 Å². The molecule has 0 bridgehead atoms. The summed E-state index contributed by atoms with van der Waals surface area (Å²) in [7, 11) is 5.21. The normalized spacial score (nSPS) is 23.8. The summed E-state index contributed by atoms with van der Waals surface area (Å²) in [5.41, 5.74) is 14.8.